The van der Waals surface area contributed by atoms with Gasteiger partial charge in [0.2, 0.25) is 5.88 Å². The molecule has 15 heavy (non-hydrogen) atoms. The molecule has 3 rings (SSSR count). The Morgan fingerprint density at radius 2 is 2.20 bits per heavy atom. The highest BCUT2D eigenvalue weighted by Gasteiger charge is 2.08. The first kappa shape index (κ1) is 8.05. The summed E-state index contributed by atoms with van der Waals surface area (Å²) >= 11 is 0. The zero-order chi connectivity index (χ0) is 10.3. The Balaban J connectivity index is 2.23. The van der Waals surface area contributed by atoms with Crippen LogP contribution in [0.15, 0.2) is 39.7 Å². The van der Waals surface area contributed by atoms with Gasteiger partial charge < -0.3 is 14.7 Å². The topological polar surface area (TPSA) is 78.1 Å². The number of fused-ring (bicyclic) bond motifs is 1. The Kier molecular flexibility index (Phi) is 1.53. The van der Waals surface area contributed by atoms with Crippen LogP contribution < -0.4 is 5.73 Å². The molecule has 0 aliphatic carbocycles. The molecule has 0 bridgehead atoms. The van der Waals surface area contributed by atoms with E-state index in [2.05, 4.69) is 10.1 Å². The summed E-state index contributed by atoms with van der Waals surface area (Å²) < 4.78 is 9.94. The molecule has 0 fully saturated rings. The number of hydrogen-bond donors (Lipinski definition) is 1. The van der Waals surface area contributed by atoms with Gasteiger partial charge >= 0.3 is 0 Å². The van der Waals surface area contributed by atoms with Gasteiger partial charge in [-0.2, -0.15) is 0 Å². The molecule has 0 saturated heterocycles. The molecule has 2 aromatic heterocycles. The molecule has 0 aliphatic heterocycles. The van der Waals surface area contributed by atoms with Crippen LogP contribution in [-0.4, -0.2) is 10.1 Å². The van der Waals surface area contributed by atoms with Gasteiger partial charge in [0.15, 0.2) is 12.0 Å². The molecule has 5 nitrogen and oxygen atoms in total. The number of anilines is 1. The molecule has 0 saturated carbocycles. The van der Waals surface area contributed by atoms with Gasteiger partial charge in [0.25, 0.3) is 0 Å². The maximum Gasteiger partial charge on any atom is 0.229 e. The number of nitrogens with two attached hydrogens (primary N) is 1. The van der Waals surface area contributed by atoms with Crippen molar-refractivity contribution in [3.8, 4) is 11.1 Å². The smallest absolute Gasteiger partial charge is 0.229 e. The van der Waals surface area contributed by atoms with Crippen LogP contribution in [0.1, 0.15) is 0 Å². The number of hydrogen-bond acceptors (Lipinski definition) is 5. The zero-order valence-corrected chi connectivity index (χ0v) is 7.68. The molecule has 5 heteroatoms. The minimum absolute atomic E-state index is 0.304. The highest BCUT2D eigenvalue weighted by molar-refractivity contribution is 5.82. The van der Waals surface area contributed by atoms with Crippen molar-refractivity contribution in [3.63, 3.8) is 0 Å². The Morgan fingerprint density at radius 1 is 1.27 bits per heavy atom. The second kappa shape index (κ2) is 2.84. The molecular weight excluding hydrogens is 194 g/mol. The molecule has 1 aromatic carbocycles. The average molecular weight is 201 g/mol. The molecule has 0 amide bonds. The van der Waals surface area contributed by atoms with Crippen LogP contribution in [0.2, 0.25) is 0 Å². The van der Waals surface area contributed by atoms with Crippen LogP contribution in [0.3, 0.4) is 0 Å². The number of rotatable bonds is 1. The lowest BCUT2D eigenvalue weighted by molar-refractivity contribution is 0.436. The fourth-order valence-electron chi connectivity index (χ4n) is 1.49. The zero-order valence-electron chi connectivity index (χ0n) is 7.68. The minimum atomic E-state index is 0.304. The lowest BCUT2D eigenvalue weighted by Gasteiger charge is -1.96. The van der Waals surface area contributed by atoms with Gasteiger partial charge in [-0.25, -0.2) is 4.98 Å². The van der Waals surface area contributed by atoms with Crippen LogP contribution in [0.5, 0.6) is 0 Å². The molecule has 2 heterocycles. The fraction of sp³-hybridized carbons (Fsp3) is 0. The molecule has 0 radical (unpaired) electrons. The Morgan fingerprint density at radius 3 is 3.00 bits per heavy atom. The third-order valence-electron chi connectivity index (χ3n) is 2.24. The van der Waals surface area contributed by atoms with E-state index in [9.17, 15) is 0 Å². The third kappa shape index (κ3) is 1.17. The summed E-state index contributed by atoms with van der Waals surface area (Å²) in [6, 6.07) is 5.60. The molecule has 2 N–H and O–H groups in total. The van der Waals surface area contributed by atoms with Crippen LogP contribution in [0, 0.1) is 0 Å². The van der Waals surface area contributed by atoms with Crippen molar-refractivity contribution in [2.45, 2.75) is 0 Å². The van der Waals surface area contributed by atoms with E-state index in [1.54, 1.807) is 6.20 Å². The number of benzene rings is 1. The second-order valence-corrected chi connectivity index (χ2v) is 3.14. The van der Waals surface area contributed by atoms with Gasteiger partial charge in [-0.15, -0.1) is 0 Å². The van der Waals surface area contributed by atoms with Gasteiger partial charge in [0, 0.05) is 0 Å². The first-order chi connectivity index (χ1) is 7.34. The van der Waals surface area contributed by atoms with Crippen molar-refractivity contribution in [2.75, 3.05) is 5.73 Å². The summed E-state index contributed by atoms with van der Waals surface area (Å²) in [5.41, 5.74) is 8.82. The van der Waals surface area contributed by atoms with Crippen molar-refractivity contribution < 1.29 is 8.94 Å². The normalized spacial score (nSPS) is 10.9. The number of nitrogen functional groups attached to an aromatic ring is 1. The third-order valence-corrected chi connectivity index (χ3v) is 2.24. The van der Waals surface area contributed by atoms with Gasteiger partial charge in [-0.3, -0.25) is 0 Å². The summed E-state index contributed by atoms with van der Waals surface area (Å²) in [5.74, 6) is 0.304. The van der Waals surface area contributed by atoms with Gasteiger partial charge in [-0.1, -0.05) is 11.2 Å². The van der Waals surface area contributed by atoms with Crippen molar-refractivity contribution in [1.82, 2.24) is 10.1 Å². The summed E-state index contributed by atoms with van der Waals surface area (Å²) in [4.78, 5) is 4.06. The van der Waals surface area contributed by atoms with Crippen molar-refractivity contribution in [1.29, 1.82) is 0 Å². The molecule has 74 valence electrons. The van der Waals surface area contributed by atoms with E-state index in [0.717, 1.165) is 22.2 Å². The predicted octanol–water partition coefficient (Wildman–Crippen LogP) is 2.06. The second-order valence-electron chi connectivity index (χ2n) is 3.14. The van der Waals surface area contributed by atoms with Crippen LogP contribution >= 0.6 is 0 Å². The number of oxazole rings is 1. The van der Waals surface area contributed by atoms with Crippen LogP contribution in [0.4, 0.5) is 5.88 Å². The molecular formula is C10H7N3O2. The fourth-order valence-corrected chi connectivity index (χ4v) is 1.49. The largest absolute Gasteiger partial charge is 0.443 e. The lowest BCUT2D eigenvalue weighted by atomic mass is 10.1. The maximum atomic E-state index is 5.62. The first-order valence-electron chi connectivity index (χ1n) is 4.38. The quantitative estimate of drug-likeness (QED) is 0.651. The highest BCUT2D eigenvalue weighted by atomic mass is 16.5. The van der Waals surface area contributed by atoms with Gasteiger partial charge in [0.1, 0.15) is 5.52 Å². The van der Waals surface area contributed by atoms with E-state index in [1.165, 1.54) is 6.39 Å². The molecule has 0 atom stereocenters. The van der Waals surface area contributed by atoms with E-state index in [4.69, 9.17) is 14.7 Å². The Labute approximate surface area is 84.5 Å². The van der Waals surface area contributed by atoms with Crippen LogP contribution in [-0.2, 0) is 0 Å². The van der Waals surface area contributed by atoms with Gasteiger partial charge in [-0.05, 0) is 17.7 Å². The molecule has 0 aliphatic rings. The van der Waals surface area contributed by atoms with E-state index < -0.39 is 0 Å². The highest BCUT2D eigenvalue weighted by Crippen LogP contribution is 2.27. The van der Waals surface area contributed by atoms with Crippen LogP contribution in [0.25, 0.3) is 22.2 Å². The average Bonchev–Trinajstić information content (AvgIpc) is 2.84. The minimum Gasteiger partial charge on any atom is -0.443 e. The van der Waals surface area contributed by atoms with E-state index in [-0.39, 0.29) is 0 Å². The molecule has 0 spiro atoms. The van der Waals surface area contributed by atoms with E-state index >= 15 is 0 Å². The SMILES string of the molecule is Nc1oncc1-c1ccc2ocnc2c1. The first-order valence-corrected chi connectivity index (χ1v) is 4.38. The maximum absolute atomic E-state index is 5.62. The Bertz CT molecular complexity index is 612. The number of aromatic nitrogens is 2. The number of nitrogens with zero attached hydrogens (tertiary/aromatic N) is 2. The standard InChI is InChI=1S/C10H7N3O2/c11-10-7(4-13-15-10)6-1-2-9-8(3-6)12-5-14-9/h1-5H,11H2. The molecule has 3 aromatic rings. The Hall–Kier alpha value is -2.30. The molecule has 0 unspecified atom stereocenters. The van der Waals surface area contributed by atoms with Crippen molar-refractivity contribution >= 4 is 17.0 Å². The van der Waals surface area contributed by atoms with Crippen molar-refractivity contribution in [2.24, 2.45) is 0 Å². The summed E-state index contributed by atoms with van der Waals surface area (Å²) in [5, 5.41) is 3.62. The van der Waals surface area contributed by atoms with E-state index in [1.807, 2.05) is 18.2 Å². The summed E-state index contributed by atoms with van der Waals surface area (Å²) in [7, 11) is 0. The van der Waals surface area contributed by atoms with Gasteiger partial charge in [0.05, 0.1) is 11.8 Å². The predicted molar refractivity (Wildman–Crippen MR) is 53.9 cm³/mol. The lowest BCUT2D eigenvalue weighted by Crippen LogP contribution is -1.84. The summed E-state index contributed by atoms with van der Waals surface area (Å²) in [6.45, 7) is 0. The monoisotopic (exact) mass is 201 g/mol. The van der Waals surface area contributed by atoms with E-state index in [0.29, 0.717) is 5.88 Å². The van der Waals surface area contributed by atoms with Crippen molar-refractivity contribution in [3.05, 3.63) is 30.8 Å². The summed E-state index contributed by atoms with van der Waals surface area (Å²) in [6.07, 6.45) is 2.99.